The molecule has 30 heavy (non-hydrogen) atoms. The Hall–Kier alpha value is -3.36. The summed E-state index contributed by atoms with van der Waals surface area (Å²) in [5.41, 5.74) is 4.87. The van der Waals surface area contributed by atoms with Crippen LogP contribution in [-0.4, -0.2) is 31.1 Å². The average Bonchev–Trinajstić information content (AvgIpc) is 2.79. The summed E-state index contributed by atoms with van der Waals surface area (Å²) in [7, 11) is 0. The first-order valence-corrected chi connectivity index (χ1v) is 10.4. The SMILES string of the molecule is N#Cc1c(N2CCN(Cc3ccccc3)CC2)c2c(oc1=O)-c1ccccc1CC2. The highest BCUT2D eigenvalue weighted by Crippen LogP contribution is 2.39. The van der Waals surface area contributed by atoms with Gasteiger partial charge in [0.1, 0.15) is 11.8 Å². The van der Waals surface area contributed by atoms with Crippen molar-refractivity contribution < 1.29 is 4.42 Å². The quantitative estimate of drug-likeness (QED) is 0.676. The number of piperazine rings is 1. The minimum Gasteiger partial charge on any atom is -0.421 e. The lowest BCUT2D eigenvalue weighted by atomic mass is 9.88. The van der Waals surface area contributed by atoms with Crippen molar-refractivity contribution in [2.75, 3.05) is 31.1 Å². The number of hydrogen-bond acceptors (Lipinski definition) is 5. The van der Waals surface area contributed by atoms with E-state index in [1.165, 1.54) is 11.1 Å². The number of aryl methyl sites for hydroxylation is 1. The van der Waals surface area contributed by atoms with Crippen molar-refractivity contribution >= 4 is 5.69 Å². The lowest BCUT2D eigenvalue weighted by molar-refractivity contribution is 0.249. The van der Waals surface area contributed by atoms with Gasteiger partial charge < -0.3 is 9.32 Å². The zero-order valence-corrected chi connectivity index (χ0v) is 16.8. The molecule has 1 aromatic heterocycles. The molecule has 0 amide bonds. The van der Waals surface area contributed by atoms with Crippen molar-refractivity contribution in [2.45, 2.75) is 19.4 Å². The molecule has 1 aliphatic heterocycles. The smallest absolute Gasteiger partial charge is 0.356 e. The van der Waals surface area contributed by atoms with Gasteiger partial charge in [-0.25, -0.2) is 4.79 Å². The molecule has 1 aliphatic carbocycles. The normalized spacial score (nSPS) is 15.9. The molecule has 0 unspecified atom stereocenters. The van der Waals surface area contributed by atoms with Gasteiger partial charge in [0, 0.05) is 43.9 Å². The van der Waals surface area contributed by atoms with Crippen molar-refractivity contribution in [3.8, 4) is 17.4 Å². The Balaban J connectivity index is 1.46. The van der Waals surface area contributed by atoms with Crippen LogP contribution in [0.25, 0.3) is 11.3 Å². The van der Waals surface area contributed by atoms with Crippen LogP contribution in [0.3, 0.4) is 0 Å². The van der Waals surface area contributed by atoms with Gasteiger partial charge in [-0.1, -0.05) is 54.6 Å². The topological polar surface area (TPSA) is 60.5 Å². The van der Waals surface area contributed by atoms with Crippen LogP contribution in [0.4, 0.5) is 5.69 Å². The van der Waals surface area contributed by atoms with Gasteiger partial charge in [-0.05, 0) is 24.0 Å². The molecule has 2 aromatic carbocycles. The number of benzene rings is 2. The summed E-state index contributed by atoms with van der Waals surface area (Å²) in [4.78, 5) is 17.3. The van der Waals surface area contributed by atoms with E-state index in [2.05, 4.69) is 46.2 Å². The highest BCUT2D eigenvalue weighted by molar-refractivity contribution is 5.77. The molecule has 5 heteroatoms. The first kappa shape index (κ1) is 18.7. The molecule has 0 atom stereocenters. The third-order valence-corrected chi connectivity index (χ3v) is 6.15. The maximum atomic E-state index is 12.7. The Labute approximate surface area is 175 Å². The summed E-state index contributed by atoms with van der Waals surface area (Å²) in [6.07, 6.45) is 1.67. The molecule has 150 valence electrons. The number of anilines is 1. The molecule has 0 spiro atoms. The third-order valence-electron chi connectivity index (χ3n) is 6.15. The molecule has 2 heterocycles. The summed E-state index contributed by atoms with van der Waals surface area (Å²) in [5.74, 6) is 0.641. The van der Waals surface area contributed by atoms with Crippen molar-refractivity contribution in [1.29, 1.82) is 5.26 Å². The van der Waals surface area contributed by atoms with Crippen LogP contribution >= 0.6 is 0 Å². The Morgan fingerprint density at radius 2 is 1.67 bits per heavy atom. The predicted octanol–water partition coefficient (Wildman–Crippen LogP) is 3.60. The standard InChI is InChI=1S/C25H23N3O2/c26-16-22-23(28-14-12-27(13-15-28)17-18-6-2-1-3-7-18)21-11-10-19-8-4-5-9-20(19)24(21)30-25(22)29/h1-9H,10-15,17H2. The average molecular weight is 397 g/mol. The summed E-state index contributed by atoms with van der Waals surface area (Å²) in [6, 6.07) is 20.7. The van der Waals surface area contributed by atoms with Crippen molar-refractivity contribution in [3.05, 3.63) is 87.3 Å². The number of fused-ring (bicyclic) bond motifs is 3. The maximum absolute atomic E-state index is 12.7. The van der Waals surface area contributed by atoms with Gasteiger partial charge in [-0.3, -0.25) is 4.90 Å². The Bertz CT molecular complexity index is 1170. The highest BCUT2D eigenvalue weighted by Gasteiger charge is 2.30. The Morgan fingerprint density at radius 3 is 2.43 bits per heavy atom. The second kappa shape index (κ2) is 7.81. The van der Waals surface area contributed by atoms with Crippen molar-refractivity contribution in [3.63, 3.8) is 0 Å². The number of nitrogens with zero attached hydrogens (tertiary/aromatic N) is 3. The fourth-order valence-corrected chi connectivity index (χ4v) is 4.65. The van der Waals surface area contributed by atoms with E-state index in [9.17, 15) is 10.1 Å². The molecule has 1 fully saturated rings. The largest absolute Gasteiger partial charge is 0.421 e. The van der Waals surface area contributed by atoms with Crippen molar-refractivity contribution in [1.82, 2.24) is 4.90 Å². The molecule has 0 saturated carbocycles. The van der Waals surface area contributed by atoms with E-state index < -0.39 is 5.63 Å². The van der Waals surface area contributed by atoms with Crippen LogP contribution in [0.5, 0.6) is 0 Å². The maximum Gasteiger partial charge on any atom is 0.356 e. The summed E-state index contributed by atoms with van der Waals surface area (Å²) in [6.45, 7) is 4.29. The minimum atomic E-state index is -0.533. The van der Waals surface area contributed by atoms with E-state index in [4.69, 9.17) is 4.42 Å². The molecule has 5 nitrogen and oxygen atoms in total. The summed E-state index contributed by atoms with van der Waals surface area (Å²) < 4.78 is 5.66. The van der Waals surface area contributed by atoms with Crippen molar-refractivity contribution in [2.24, 2.45) is 0 Å². The van der Waals surface area contributed by atoms with E-state index in [1.807, 2.05) is 24.3 Å². The van der Waals surface area contributed by atoms with Gasteiger partial charge >= 0.3 is 5.63 Å². The van der Waals surface area contributed by atoms with E-state index in [1.54, 1.807) is 0 Å². The number of rotatable bonds is 3. The monoisotopic (exact) mass is 397 g/mol. The van der Waals surface area contributed by atoms with E-state index in [0.717, 1.165) is 62.4 Å². The number of hydrogen-bond donors (Lipinski definition) is 0. The molecular weight excluding hydrogens is 374 g/mol. The van der Waals surface area contributed by atoms with Gasteiger partial charge in [-0.15, -0.1) is 0 Å². The summed E-state index contributed by atoms with van der Waals surface area (Å²) in [5, 5.41) is 9.73. The predicted molar refractivity (Wildman–Crippen MR) is 116 cm³/mol. The van der Waals surface area contributed by atoms with Crippen LogP contribution in [0.2, 0.25) is 0 Å². The van der Waals surface area contributed by atoms with Crippen LogP contribution in [0.15, 0.2) is 63.8 Å². The third kappa shape index (κ3) is 3.30. The van der Waals surface area contributed by atoms with Gasteiger partial charge in [0.25, 0.3) is 0 Å². The lowest BCUT2D eigenvalue weighted by Crippen LogP contribution is -2.47. The van der Waals surface area contributed by atoms with Crippen LogP contribution in [0.1, 0.15) is 22.3 Å². The zero-order chi connectivity index (χ0) is 20.5. The lowest BCUT2D eigenvalue weighted by Gasteiger charge is -2.38. The van der Waals surface area contributed by atoms with E-state index in [0.29, 0.717) is 5.76 Å². The molecule has 0 bridgehead atoms. The van der Waals surface area contributed by atoms with E-state index >= 15 is 0 Å². The molecular formula is C25H23N3O2. The zero-order valence-electron chi connectivity index (χ0n) is 16.8. The second-order valence-corrected chi connectivity index (χ2v) is 7.94. The van der Waals surface area contributed by atoms with Gasteiger partial charge in [0.05, 0.1) is 5.69 Å². The number of nitriles is 1. The van der Waals surface area contributed by atoms with Gasteiger partial charge in [-0.2, -0.15) is 5.26 Å². The molecule has 1 saturated heterocycles. The van der Waals surface area contributed by atoms with Crippen LogP contribution in [0, 0.1) is 11.3 Å². The molecule has 2 aliphatic rings. The fourth-order valence-electron chi connectivity index (χ4n) is 4.65. The van der Waals surface area contributed by atoms with Gasteiger partial charge in [0.15, 0.2) is 5.56 Å². The Morgan fingerprint density at radius 1 is 0.933 bits per heavy atom. The molecule has 0 N–H and O–H groups in total. The van der Waals surface area contributed by atoms with Crippen LogP contribution < -0.4 is 10.5 Å². The summed E-state index contributed by atoms with van der Waals surface area (Å²) >= 11 is 0. The molecule has 3 aromatic rings. The first-order valence-electron chi connectivity index (χ1n) is 10.4. The first-order chi connectivity index (χ1) is 14.7. The van der Waals surface area contributed by atoms with Crippen LogP contribution in [-0.2, 0) is 19.4 Å². The van der Waals surface area contributed by atoms with E-state index in [-0.39, 0.29) is 5.56 Å². The fraction of sp³-hybridized carbons (Fsp3) is 0.280. The van der Waals surface area contributed by atoms with Gasteiger partial charge in [0.2, 0.25) is 0 Å². The highest BCUT2D eigenvalue weighted by atomic mass is 16.4. The molecule has 0 radical (unpaired) electrons. The second-order valence-electron chi connectivity index (χ2n) is 7.94. The Kier molecular flexibility index (Phi) is 4.86. The molecule has 5 rings (SSSR count). The minimum absolute atomic E-state index is 0.143.